The van der Waals surface area contributed by atoms with Gasteiger partial charge in [-0.2, -0.15) is 0 Å². The smallest absolute Gasteiger partial charge is 0.330 e. The predicted octanol–water partition coefficient (Wildman–Crippen LogP) is 4.66. The van der Waals surface area contributed by atoms with Gasteiger partial charge in [-0.15, -0.1) is 0 Å². The second-order valence-electron chi connectivity index (χ2n) is 7.16. The van der Waals surface area contributed by atoms with Crippen molar-refractivity contribution in [2.75, 3.05) is 11.9 Å². The minimum Gasteiger partial charge on any atom is -0.463 e. The number of fused-ring (bicyclic) bond motifs is 1. The number of benzene rings is 1. The zero-order valence-corrected chi connectivity index (χ0v) is 17.8. The number of hydrogen-bond donors (Lipinski definition) is 2. The minimum atomic E-state index is -0.553. The standard InChI is InChI=1S/C25H22N4O3/c1-3-32-24(31)8-7-23(30)29-20-6-4-5-17(12-20)19-13-21-22(15-28-25(21)27-14-19)18-9-10-26-16(2)11-18/h4-15H,3H2,1-2H3,(H,27,28)(H,29,30)/b8-7+. The van der Waals surface area contributed by atoms with E-state index in [0.29, 0.717) is 5.69 Å². The van der Waals surface area contributed by atoms with Crippen molar-refractivity contribution in [3.8, 4) is 22.3 Å². The van der Waals surface area contributed by atoms with E-state index < -0.39 is 11.9 Å². The van der Waals surface area contributed by atoms with Crippen LogP contribution in [0, 0.1) is 6.92 Å². The van der Waals surface area contributed by atoms with Crippen molar-refractivity contribution in [3.05, 3.63) is 78.9 Å². The Hall–Kier alpha value is -4.26. The first-order valence-electron chi connectivity index (χ1n) is 10.2. The van der Waals surface area contributed by atoms with Gasteiger partial charge < -0.3 is 15.0 Å². The molecule has 160 valence electrons. The second kappa shape index (κ2) is 9.26. The average molecular weight is 426 g/mol. The fourth-order valence-corrected chi connectivity index (χ4v) is 3.41. The van der Waals surface area contributed by atoms with Crippen molar-refractivity contribution in [3.63, 3.8) is 0 Å². The summed E-state index contributed by atoms with van der Waals surface area (Å²) in [6.45, 7) is 3.93. The van der Waals surface area contributed by atoms with Crippen LogP contribution in [-0.4, -0.2) is 33.4 Å². The summed E-state index contributed by atoms with van der Waals surface area (Å²) >= 11 is 0. The molecule has 0 unspecified atom stereocenters. The Bertz CT molecular complexity index is 1320. The van der Waals surface area contributed by atoms with Crippen LogP contribution < -0.4 is 5.32 Å². The third-order valence-electron chi connectivity index (χ3n) is 4.86. The molecule has 2 N–H and O–H groups in total. The third-order valence-corrected chi connectivity index (χ3v) is 4.86. The second-order valence-corrected chi connectivity index (χ2v) is 7.16. The van der Waals surface area contributed by atoms with Gasteiger partial charge in [0.25, 0.3) is 0 Å². The Balaban J connectivity index is 1.60. The zero-order chi connectivity index (χ0) is 22.5. The molecule has 7 heteroatoms. The normalized spacial score (nSPS) is 11.1. The van der Waals surface area contributed by atoms with Gasteiger partial charge in [0, 0.05) is 58.6 Å². The average Bonchev–Trinajstić information content (AvgIpc) is 3.21. The number of nitrogens with zero attached hydrogens (tertiary/aromatic N) is 2. The number of aromatic nitrogens is 3. The summed E-state index contributed by atoms with van der Waals surface area (Å²) in [5.41, 5.74) is 6.30. The Morgan fingerprint density at radius 1 is 1.06 bits per heavy atom. The molecule has 32 heavy (non-hydrogen) atoms. The van der Waals surface area contributed by atoms with Gasteiger partial charge in [0.05, 0.1) is 6.61 Å². The van der Waals surface area contributed by atoms with Crippen LogP contribution in [0.3, 0.4) is 0 Å². The first-order valence-corrected chi connectivity index (χ1v) is 10.2. The van der Waals surface area contributed by atoms with E-state index in [1.807, 2.05) is 43.5 Å². The number of rotatable bonds is 6. The van der Waals surface area contributed by atoms with Gasteiger partial charge in [-0.25, -0.2) is 9.78 Å². The van der Waals surface area contributed by atoms with E-state index in [2.05, 4.69) is 26.3 Å². The molecule has 0 aliphatic rings. The molecule has 0 radical (unpaired) electrons. The summed E-state index contributed by atoms with van der Waals surface area (Å²) in [6.07, 6.45) is 7.80. The molecule has 1 amide bonds. The van der Waals surface area contributed by atoms with Crippen LogP contribution in [0.5, 0.6) is 0 Å². The van der Waals surface area contributed by atoms with Crippen molar-refractivity contribution >= 4 is 28.6 Å². The van der Waals surface area contributed by atoms with Gasteiger partial charge in [-0.05, 0) is 55.3 Å². The quantitative estimate of drug-likeness (QED) is 0.345. The molecule has 0 spiro atoms. The summed E-state index contributed by atoms with van der Waals surface area (Å²) in [7, 11) is 0. The molecule has 0 aliphatic carbocycles. The molecule has 4 aromatic rings. The maximum absolute atomic E-state index is 12.1. The summed E-state index contributed by atoms with van der Waals surface area (Å²) in [5.74, 6) is -0.966. The number of H-pyrrole nitrogens is 1. The maximum atomic E-state index is 12.1. The van der Waals surface area contributed by atoms with Crippen LogP contribution >= 0.6 is 0 Å². The Kier molecular flexibility index (Phi) is 6.07. The SMILES string of the molecule is CCOC(=O)/C=C/C(=O)Nc1cccc(-c2cnc3[nH]cc(-c4ccnc(C)c4)c3c2)c1. The molecule has 7 nitrogen and oxygen atoms in total. The summed E-state index contributed by atoms with van der Waals surface area (Å²) in [5, 5.41) is 3.76. The van der Waals surface area contributed by atoms with Crippen LogP contribution in [0.25, 0.3) is 33.3 Å². The van der Waals surface area contributed by atoms with E-state index in [9.17, 15) is 9.59 Å². The predicted molar refractivity (Wildman–Crippen MR) is 124 cm³/mol. The lowest BCUT2D eigenvalue weighted by Gasteiger charge is -2.07. The number of hydrogen-bond acceptors (Lipinski definition) is 5. The molecule has 3 heterocycles. The van der Waals surface area contributed by atoms with Gasteiger partial charge in [0.1, 0.15) is 5.65 Å². The fraction of sp³-hybridized carbons (Fsp3) is 0.120. The Morgan fingerprint density at radius 3 is 2.75 bits per heavy atom. The van der Waals surface area contributed by atoms with Crippen molar-refractivity contribution in [2.24, 2.45) is 0 Å². The highest BCUT2D eigenvalue weighted by Crippen LogP contribution is 2.31. The van der Waals surface area contributed by atoms with Crippen molar-refractivity contribution in [1.29, 1.82) is 0 Å². The number of pyridine rings is 2. The number of nitrogens with one attached hydrogen (secondary N) is 2. The highest BCUT2D eigenvalue weighted by atomic mass is 16.5. The van der Waals surface area contributed by atoms with E-state index in [1.165, 1.54) is 0 Å². The fourth-order valence-electron chi connectivity index (χ4n) is 3.41. The monoisotopic (exact) mass is 426 g/mol. The van der Waals surface area contributed by atoms with Gasteiger partial charge in [-0.3, -0.25) is 9.78 Å². The molecule has 0 saturated carbocycles. The maximum Gasteiger partial charge on any atom is 0.330 e. The van der Waals surface area contributed by atoms with Gasteiger partial charge >= 0.3 is 5.97 Å². The summed E-state index contributed by atoms with van der Waals surface area (Å²) in [6, 6.07) is 13.5. The van der Waals surface area contributed by atoms with Crippen molar-refractivity contribution in [1.82, 2.24) is 15.0 Å². The molecular weight excluding hydrogens is 404 g/mol. The Morgan fingerprint density at radius 2 is 1.94 bits per heavy atom. The summed E-state index contributed by atoms with van der Waals surface area (Å²) < 4.78 is 4.78. The first-order chi connectivity index (χ1) is 15.5. The molecular formula is C25H22N4O3. The molecule has 0 fully saturated rings. The molecule has 0 saturated heterocycles. The number of carbonyl (C=O) groups excluding carboxylic acids is 2. The number of amides is 1. The lowest BCUT2D eigenvalue weighted by atomic mass is 10.0. The zero-order valence-electron chi connectivity index (χ0n) is 17.8. The van der Waals surface area contributed by atoms with Crippen LogP contribution in [0.1, 0.15) is 12.6 Å². The highest BCUT2D eigenvalue weighted by molar-refractivity contribution is 6.03. The number of esters is 1. The van der Waals surface area contributed by atoms with E-state index in [4.69, 9.17) is 4.74 Å². The number of anilines is 1. The molecule has 0 bridgehead atoms. The van der Waals surface area contributed by atoms with Crippen molar-refractivity contribution < 1.29 is 14.3 Å². The van der Waals surface area contributed by atoms with Gasteiger partial charge in [-0.1, -0.05) is 12.1 Å². The topological polar surface area (TPSA) is 97.0 Å². The third kappa shape index (κ3) is 4.73. The van der Waals surface area contributed by atoms with Crippen LogP contribution in [0.4, 0.5) is 5.69 Å². The summed E-state index contributed by atoms with van der Waals surface area (Å²) in [4.78, 5) is 35.5. The highest BCUT2D eigenvalue weighted by Gasteiger charge is 2.10. The van der Waals surface area contributed by atoms with Crippen LogP contribution in [0.15, 0.2) is 73.2 Å². The van der Waals surface area contributed by atoms with E-state index in [0.717, 1.165) is 51.1 Å². The van der Waals surface area contributed by atoms with Gasteiger partial charge in [0.2, 0.25) is 5.91 Å². The molecule has 4 rings (SSSR count). The first kappa shape index (κ1) is 21.0. The molecule has 3 aromatic heterocycles. The lowest BCUT2D eigenvalue weighted by molar-refractivity contribution is -0.137. The van der Waals surface area contributed by atoms with Crippen LogP contribution in [0.2, 0.25) is 0 Å². The van der Waals surface area contributed by atoms with E-state index in [1.54, 1.807) is 25.4 Å². The number of ether oxygens (including phenoxy) is 1. The molecule has 0 aliphatic heterocycles. The number of aromatic amines is 1. The molecule has 0 atom stereocenters. The number of carbonyl (C=O) groups is 2. The largest absolute Gasteiger partial charge is 0.463 e. The van der Waals surface area contributed by atoms with Crippen molar-refractivity contribution in [2.45, 2.75) is 13.8 Å². The van der Waals surface area contributed by atoms with E-state index in [-0.39, 0.29) is 6.61 Å². The molecule has 1 aromatic carbocycles. The number of aryl methyl sites for hydroxylation is 1. The van der Waals surface area contributed by atoms with E-state index >= 15 is 0 Å². The van der Waals surface area contributed by atoms with Gasteiger partial charge in [0.15, 0.2) is 0 Å². The van der Waals surface area contributed by atoms with Crippen LogP contribution in [-0.2, 0) is 14.3 Å². The minimum absolute atomic E-state index is 0.259. The lowest BCUT2D eigenvalue weighted by Crippen LogP contribution is -2.09. The Labute approximate surface area is 185 Å².